The largest absolute Gasteiger partial charge is 0.460 e. The lowest BCUT2D eigenvalue weighted by atomic mass is 10.1. The topological polar surface area (TPSA) is 26.3 Å². The molecule has 0 rings (SSSR count). The van der Waals surface area contributed by atoms with E-state index in [1.165, 1.54) is 0 Å². The molecule has 0 bridgehead atoms. The van der Waals surface area contributed by atoms with Gasteiger partial charge in [-0.15, -0.1) is 0 Å². The van der Waals surface area contributed by atoms with Gasteiger partial charge < -0.3 is 0 Å². The van der Waals surface area contributed by atoms with Crippen molar-refractivity contribution in [3.63, 3.8) is 0 Å². The first-order chi connectivity index (χ1) is 5.98. The SMILES string of the molecule is O=C(OF)C(F)(F)C(F)(F)C(F)(F)F. The van der Waals surface area contributed by atoms with Crippen molar-refractivity contribution in [3.8, 4) is 0 Å². The van der Waals surface area contributed by atoms with Crippen molar-refractivity contribution in [1.82, 2.24) is 0 Å². The maximum atomic E-state index is 11.9. The minimum Gasteiger partial charge on any atom is -0.248 e. The van der Waals surface area contributed by atoms with Crippen LogP contribution in [0.5, 0.6) is 0 Å². The van der Waals surface area contributed by atoms with E-state index in [9.17, 15) is 40.1 Å². The zero-order valence-corrected chi connectivity index (χ0v) is 5.84. The molecule has 0 radical (unpaired) electrons. The van der Waals surface area contributed by atoms with Gasteiger partial charge in [0, 0.05) is 4.53 Å². The fourth-order valence-electron chi connectivity index (χ4n) is 0.355. The third-order valence-electron chi connectivity index (χ3n) is 1.08. The Labute approximate surface area is 70.3 Å². The average molecular weight is 232 g/mol. The van der Waals surface area contributed by atoms with Crippen LogP contribution in [-0.4, -0.2) is 24.0 Å². The number of hydrogen-bond donors (Lipinski definition) is 0. The summed E-state index contributed by atoms with van der Waals surface area (Å²) in [7, 11) is 0. The van der Waals surface area contributed by atoms with Gasteiger partial charge in [0.15, 0.2) is 0 Å². The molecule has 14 heavy (non-hydrogen) atoms. The molecule has 0 aromatic rings. The second kappa shape index (κ2) is 3.24. The molecular weight excluding hydrogens is 232 g/mol. The summed E-state index contributed by atoms with van der Waals surface area (Å²) in [6, 6.07) is 0. The van der Waals surface area contributed by atoms with Crippen LogP contribution in [0.3, 0.4) is 0 Å². The average Bonchev–Trinajstić information content (AvgIpc) is 2.00. The first kappa shape index (κ1) is 12.9. The molecule has 0 N–H and O–H groups in total. The van der Waals surface area contributed by atoms with E-state index in [1.54, 1.807) is 4.94 Å². The molecule has 0 heterocycles. The van der Waals surface area contributed by atoms with Crippen molar-refractivity contribution in [2.45, 2.75) is 18.0 Å². The zero-order chi connectivity index (χ0) is 11.8. The molecule has 10 heteroatoms. The van der Waals surface area contributed by atoms with E-state index < -0.39 is 24.0 Å². The van der Waals surface area contributed by atoms with Crippen LogP contribution in [0.1, 0.15) is 0 Å². The molecule has 0 atom stereocenters. The standard InChI is InChI=1S/C4F8O2/c5-2(6,1(13)14-12)3(7,8)4(9,10)11. The van der Waals surface area contributed by atoms with Crippen LogP contribution < -0.4 is 0 Å². The molecular formula is C4F8O2. The molecule has 84 valence electrons. The lowest BCUT2D eigenvalue weighted by molar-refractivity contribution is -0.353. The third-order valence-corrected chi connectivity index (χ3v) is 1.08. The normalized spacial score (nSPS) is 14.0. The summed E-state index contributed by atoms with van der Waals surface area (Å²) in [4.78, 5) is 11.2. The first-order valence-corrected chi connectivity index (χ1v) is 2.64. The second-order valence-corrected chi connectivity index (χ2v) is 2.01. The number of carbonyl (C=O) groups is 1. The molecule has 0 saturated heterocycles. The van der Waals surface area contributed by atoms with Crippen molar-refractivity contribution < 1.29 is 45.0 Å². The molecule has 0 saturated carbocycles. The molecule has 0 aliphatic heterocycles. The quantitative estimate of drug-likeness (QED) is 0.682. The van der Waals surface area contributed by atoms with E-state index in [4.69, 9.17) is 0 Å². The van der Waals surface area contributed by atoms with Gasteiger partial charge in [-0.1, -0.05) is 0 Å². The molecule has 2 nitrogen and oxygen atoms in total. The smallest absolute Gasteiger partial charge is 0.248 e. The van der Waals surface area contributed by atoms with E-state index in [-0.39, 0.29) is 0 Å². The predicted octanol–water partition coefficient (Wildman–Crippen LogP) is 2.25. The Balaban J connectivity index is 5.18. The number of alkyl halides is 7. The molecule has 0 unspecified atom stereocenters. The van der Waals surface area contributed by atoms with Crippen LogP contribution in [0, 0.1) is 0 Å². The minimum absolute atomic E-state index is 1.63. The Morgan fingerprint density at radius 3 is 1.50 bits per heavy atom. The van der Waals surface area contributed by atoms with E-state index in [1.807, 2.05) is 0 Å². The third kappa shape index (κ3) is 1.73. The van der Waals surface area contributed by atoms with Crippen LogP contribution in [0.15, 0.2) is 0 Å². The maximum Gasteiger partial charge on any atom is 0.460 e. The van der Waals surface area contributed by atoms with Crippen molar-refractivity contribution in [1.29, 1.82) is 0 Å². The van der Waals surface area contributed by atoms with Crippen LogP contribution in [-0.2, 0) is 9.74 Å². The van der Waals surface area contributed by atoms with Crippen molar-refractivity contribution in [3.05, 3.63) is 0 Å². The van der Waals surface area contributed by atoms with E-state index >= 15 is 0 Å². The van der Waals surface area contributed by atoms with Gasteiger partial charge in [-0.05, 0) is 0 Å². The highest BCUT2D eigenvalue weighted by atomic mass is 19.4. The fourth-order valence-corrected chi connectivity index (χ4v) is 0.355. The Hall–Kier alpha value is -1.09. The van der Waals surface area contributed by atoms with Crippen molar-refractivity contribution >= 4 is 5.97 Å². The highest BCUT2D eigenvalue weighted by Gasteiger charge is 2.77. The second-order valence-electron chi connectivity index (χ2n) is 2.01. The minimum atomic E-state index is -6.69. The zero-order valence-electron chi connectivity index (χ0n) is 5.84. The summed E-state index contributed by atoms with van der Waals surface area (Å²) in [5.74, 6) is -16.6. The van der Waals surface area contributed by atoms with E-state index in [2.05, 4.69) is 0 Å². The van der Waals surface area contributed by atoms with Gasteiger partial charge in [0.25, 0.3) is 0 Å². The first-order valence-electron chi connectivity index (χ1n) is 2.64. The molecule has 0 spiro atoms. The Kier molecular flexibility index (Phi) is 2.99. The fraction of sp³-hybridized carbons (Fsp3) is 0.750. The van der Waals surface area contributed by atoms with Crippen LogP contribution >= 0.6 is 0 Å². The van der Waals surface area contributed by atoms with Gasteiger partial charge in [0.1, 0.15) is 0 Å². The van der Waals surface area contributed by atoms with Crippen molar-refractivity contribution in [2.75, 3.05) is 0 Å². The van der Waals surface area contributed by atoms with Crippen LogP contribution in [0.2, 0.25) is 0 Å². The Morgan fingerprint density at radius 2 is 1.29 bits per heavy atom. The number of carbonyl (C=O) groups excluding carboxylic acids is 1. The Bertz CT molecular complexity index is 230. The van der Waals surface area contributed by atoms with Crippen LogP contribution in [0.4, 0.5) is 35.3 Å². The Morgan fingerprint density at radius 1 is 0.929 bits per heavy atom. The molecule has 0 aromatic carbocycles. The lowest BCUT2D eigenvalue weighted by Gasteiger charge is -2.24. The summed E-state index contributed by atoms with van der Waals surface area (Å²) in [6.07, 6.45) is -6.69. The van der Waals surface area contributed by atoms with E-state index in [0.29, 0.717) is 0 Å². The van der Waals surface area contributed by atoms with Gasteiger partial charge in [-0.3, -0.25) is 0 Å². The van der Waals surface area contributed by atoms with Gasteiger partial charge in [0.05, 0.1) is 0 Å². The summed E-state index contributed by atoms with van der Waals surface area (Å²) in [5, 5.41) is 0. The summed E-state index contributed by atoms with van der Waals surface area (Å²) < 4.78 is 92.0. The molecule has 0 fully saturated rings. The summed E-state index contributed by atoms with van der Waals surface area (Å²) >= 11 is 0. The van der Waals surface area contributed by atoms with Gasteiger partial charge in [0.2, 0.25) is 0 Å². The molecule has 0 aliphatic rings. The van der Waals surface area contributed by atoms with E-state index in [0.717, 1.165) is 0 Å². The van der Waals surface area contributed by atoms with Gasteiger partial charge in [-0.2, -0.15) is 30.7 Å². The molecule has 0 aliphatic carbocycles. The van der Waals surface area contributed by atoms with Gasteiger partial charge in [-0.25, -0.2) is 9.74 Å². The predicted molar refractivity (Wildman–Crippen MR) is 23.1 cm³/mol. The maximum absolute atomic E-state index is 11.9. The number of halogens is 8. The number of hydrogen-bond acceptors (Lipinski definition) is 2. The summed E-state index contributed by atoms with van der Waals surface area (Å²) in [5.41, 5.74) is 0. The van der Waals surface area contributed by atoms with Crippen LogP contribution in [0.25, 0.3) is 0 Å². The lowest BCUT2D eigenvalue weighted by Crippen LogP contribution is -2.56. The molecule has 0 aromatic heterocycles. The highest BCUT2D eigenvalue weighted by molar-refractivity contribution is 5.78. The summed E-state index contributed by atoms with van der Waals surface area (Å²) in [6.45, 7) is 0. The monoisotopic (exact) mass is 232 g/mol. The van der Waals surface area contributed by atoms with Gasteiger partial charge >= 0.3 is 24.0 Å². The van der Waals surface area contributed by atoms with Crippen molar-refractivity contribution in [2.24, 2.45) is 0 Å². The molecule has 0 amide bonds. The highest BCUT2D eigenvalue weighted by Crippen LogP contribution is 2.46. The number of rotatable bonds is 2.